The van der Waals surface area contributed by atoms with Crippen molar-refractivity contribution in [1.82, 2.24) is 0 Å². The van der Waals surface area contributed by atoms with E-state index in [0.29, 0.717) is 15.8 Å². The molecule has 0 saturated carbocycles. The Labute approximate surface area is 145 Å². The molecule has 6 nitrogen and oxygen atoms in total. The number of azide groups is 1. The zero-order valence-corrected chi connectivity index (χ0v) is 15.0. The van der Waals surface area contributed by atoms with E-state index in [-0.39, 0.29) is 18.1 Å². The molecule has 0 aliphatic heterocycles. The van der Waals surface area contributed by atoms with Gasteiger partial charge in [-0.05, 0) is 52.1 Å². The van der Waals surface area contributed by atoms with E-state index in [1.807, 2.05) is 6.92 Å². The molecule has 1 aromatic rings. The summed E-state index contributed by atoms with van der Waals surface area (Å²) in [5.74, 6) is -2.18. The average molecular weight is 404 g/mol. The largest absolute Gasteiger partial charge is 0.465 e. The first-order valence-electron chi connectivity index (χ1n) is 6.86. The number of benzene rings is 1. The Kier molecular flexibility index (Phi) is 8.08. The number of nitrogens with zero attached hydrogens (tertiary/aromatic N) is 3. The first kappa shape index (κ1) is 19.5. The van der Waals surface area contributed by atoms with Crippen LogP contribution < -0.4 is 0 Å². The van der Waals surface area contributed by atoms with E-state index in [1.165, 1.54) is 17.8 Å². The van der Waals surface area contributed by atoms with Crippen LogP contribution in [0.2, 0.25) is 0 Å². The van der Waals surface area contributed by atoms with Gasteiger partial charge in [0.25, 0.3) is 5.91 Å². The lowest BCUT2D eigenvalue weighted by molar-refractivity contribution is -0.142. The maximum absolute atomic E-state index is 13.8. The smallest absolute Gasteiger partial charge is 0.319 e. The molecule has 0 saturated heterocycles. The minimum atomic E-state index is -1.01. The number of hydrogen-bond donors (Lipinski definition) is 0. The molecule has 1 aromatic carbocycles. The SMILES string of the molecule is CCCC(Sc1cc(C(=O)N=[N+]=[N-])c(F)cc1Br)C(=O)OCC. The molecule has 0 heterocycles. The van der Waals surface area contributed by atoms with Gasteiger partial charge in [0, 0.05) is 14.3 Å². The zero-order chi connectivity index (χ0) is 17.4. The van der Waals surface area contributed by atoms with Crippen LogP contribution in [0.3, 0.4) is 0 Å². The molecule has 0 N–H and O–H groups in total. The number of esters is 1. The molecule has 23 heavy (non-hydrogen) atoms. The lowest BCUT2D eigenvalue weighted by atomic mass is 10.2. The fourth-order valence-electron chi connectivity index (χ4n) is 1.75. The molecule has 0 aliphatic carbocycles. The van der Waals surface area contributed by atoms with E-state index in [1.54, 1.807) is 6.92 Å². The number of rotatable bonds is 7. The predicted molar refractivity (Wildman–Crippen MR) is 88.8 cm³/mol. The van der Waals surface area contributed by atoms with Crippen molar-refractivity contribution in [2.45, 2.75) is 36.8 Å². The molecule has 0 aliphatic rings. The normalized spacial score (nSPS) is 11.5. The van der Waals surface area contributed by atoms with Crippen LogP contribution in [-0.2, 0) is 9.53 Å². The van der Waals surface area contributed by atoms with Crippen molar-refractivity contribution < 1.29 is 18.7 Å². The third-order valence-corrected chi connectivity index (χ3v) is 4.98. The average Bonchev–Trinajstić information content (AvgIpc) is 2.49. The Morgan fingerprint density at radius 3 is 2.74 bits per heavy atom. The van der Waals surface area contributed by atoms with Crippen LogP contribution in [0.25, 0.3) is 10.4 Å². The van der Waals surface area contributed by atoms with Gasteiger partial charge < -0.3 is 4.74 Å². The van der Waals surface area contributed by atoms with Gasteiger partial charge in [-0.1, -0.05) is 13.3 Å². The molecule has 1 amide bonds. The van der Waals surface area contributed by atoms with E-state index in [4.69, 9.17) is 10.3 Å². The highest BCUT2D eigenvalue weighted by Gasteiger charge is 2.23. The molecule has 9 heteroatoms. The number of carbonyl (C=O) groups excluding carboxylic acids is 2. The first-order chi connectivity index (χ1) is 10.9. The van der Waals surface area contributed by atoms with Crippen LogP contribution in [0.4, 0.5) is 4.39 Å². The Morgan fingerprint density at radius 2 is 2.17 bits per heavy atom. The fourth-order valence-corrected chi connectivity index (χ4v) is 3.53. The van der Waals surface area contributed by atoms with Gasteiger partial charge in [0.1, 0.15) is 11.1 Å². The second kappa shape index (κ2) is 9.54. The monoisotopic (exact) mass is 403 g/mol. The summed E-state index contributed by atoms with van der Waals surface area (Å²) >= 11 is 4.38. The van der Waals surface area contributed by atoms with Gasteiger partial charge >= 0.3 is 5.97 Å². The Hall–Kier alpha value is -1.57. The first-order valence-corrected chi connectivity index (χ1v) is 8.53. The Morgan fingerprint density at radius 1 is 1.48 bits per heavy atom. The minimum Gasteiger partial charge on any atom is -0.465 e. The van der Waals surface area contributed by atoms with E-state index in [9.17, 15) is 14.0 Å². The topological polar surface area (TPSA) is 92.1 Å². The minimum absolute atomic E-state index is 0.269. The third-order valence-electron chi connectivity index (χ3n) is 2.76. The van der Waals surface area contributed by atoms with Gasteiger partial charge in [0.05, 0.1) is 12.2 Å². The summed E-state index contributed by atoms with van der Waals surface area (Å²) in [6.45, 7) is 3.92. The highest BCUT2D eigenvalue weighted by atomic mass is 79.9. The summed E-state index contributed by atoms with van der Waals surface area (Å²) in [5.41, 5.74) is 7.96. The predicted octanol–water partition coefficient (Wildman–Crippen LogP) is 4.86. The van der Waals surface area contributed by atoms with Gasteiger partial charge in [0.2, 0.25) is 0 Å². The summed E-state index contributed by atoms with van der Waals surface area (Å²) in [6.07, 6.45) is 1.34. The van der Waals surface area contributed by atoms with Crippen LogP contribution in [0.5, 0.6) is 0 Å². The van der Waals surface area contributed by atoms with Crippen molar-refractivity contribution in [3.63, 3.8) is 0 Å². The van der Waals surface area contributed by atoms with Crippen molar-refractivity contribution in [2.75, 3.05) is 6.61 Å². The maximum atomic E-state index is 13.8. The molecular formula is C14H15BrFN3O3S. The van der Waals surface area contributed by atoms with Gasteiger partial charge in [-0.25, -0.2) is 4.39 Å². The summed E-state index contributed by atoms with van der Waals surface area (Å²) in [7, 11) is 0. The van der Waals surface area contributed by atoms with Gasteiger partial charge in [0.15, 0.2) is 0 Å². The van der Waals surface area contributed by atoms with E-state index in [0.717, 1.165) is 12.5 Å². The number of ether oxygens (including phenoxy) is 1. The molecule has 0 radical (unpaired) electrons. The molecule has 0 aromatic heterocycles. The summed E-state index contributed by atoms with van der Waals surface area (Å²) in [5, 5.41) is 2.42. The van der Waals surface area contributed by atoms with E-state index >= 15 is 0 Å². The molecule has 0 bridgehead atoms. The summed E-state index contributed by atoms with van der Waals surface area (Å²) in [6, 6.07) is 2.37. The molecule has 0 spiro atoms. The lowest BCUT2D eigenvalue weighted by Crippen LogP contribution is -2.20. The number of thioether (sulfide) groups is 1. The molecule has 1 unspecified atom stereocenters. The van der Waals surface area contributed by atoms with Gasteiger partial charge in [-0.3, -0.25) is 9.59 Å². The van der Waals surface area contributed by atoms with E-state index < -0.39 is 17.0 Å². The van der Waals surface area contributed by atoms with Crippen LogP contribution >= 0.6 is 27.7 Å². The van der Waals surface area contributed by atoms with E-state index in [2.05, 4.69) is 26.0 Å². The molecule has 0 fully saturated rings. The highest BCUT2D eigenvalue weighted by molar-refractivity contribution is 9.10. The van der Waals surface area contributed by atoms with Crippen LogP contribution in [0.15, 0.2) is 26.6 Å². The van der Waals surface area contributed by atoms with Crippen LogP contribution in [0.1, 0.15) is 37.0 Å². The number of carbonyl (C=O) groups is 2. The fraction of sp³-hybridized carbons (Fsp3) is 0.429. The molecule has 124 valence electrons. The second-order valence-electron chi connectivity index (χ2n) is 4.40. The molecule has 1 rings (SSSR count). The number of halogens is 2. The van der Waals surface area contributed by atoms with Crippen molar-refractivity contribution in [2.24, 2.45) is 5.11 Å². The highest BCUT2D eigenvalue weighted by Crippen LogP contribution is 2.35. The van der Waals surface area contributed by atoms with Crippen molar-refractivity contribution in [1.29, 1.82) is 0 Å². The Bertz CT molecular complexity index is 650. The molecule has 1 atom stereocenters. The summed E-state index contributed by atoms with van der Waals surface area (Å²) in [4.78, 5) is 26.4. The number of hydrogen-bond acceptors (Lipinski definition) is 4. The molecular weight excluding hydrogens is 389 g/mol. The van der Waals surface area contributed by atoms with Crippen LogP contribution in [0, 0.1) is 5.82 Å². The second-order valence-corrected chi connectivity index (χ2v) is 6.50. The van der Waals surface area contributed by atoms with Crippen molar-refractivity contribution >= 4 is 39.6 Å². The number of amides is 1. The standard InChI is InChI=1S/C14H15BrFN3O3S/c1-3-5-11(14(21)22-4-2)23-12-6-8(13(20)18-19-17)10(16)7-9(12)15/h6-7,11H,3-5H2,1-2H3. The third kappa shape index (κ3) is 5.53. The zero-order valence-electron chi connectivity index (χ0n) is 12.6. The van der Waals surface area contributed by atoms with Crippen LogP contribution in [-0.4, -0.2) is 23.7 Å². The van der Waals surface area contributed by atoms with Gasteiger partial charge in [-0.2, -0.15) is 0 Å². The maximum Gasteiger partial charge on any atom is 0.319 e. The Balaban J connectivity index is 3.14. The van der Waals surface area contributed by atoms with Crippen molar-refractivity contribution in [3.05, 3.63) is 38.4 Å². The van der Waals surface area contributed by atoms with Crippen molar-refractivity contribution in [3.8, 4) is 0 Å². The quantitative estimate of drug-likeness (QED) is 0.213. The van der Waals surface area contributed by atoms with Gasteiger partial charge in [-0.15, -0.1) is 11.8 Å². The lowest BCUT2D eigenvalue weighted by Gasteiger charge is -2.16. The summed E-state index contributed by atoms with van der Waals surface area (Å²) < 4.78 is 19.3.